The first-order chi connectivity index (χ1) is 12.8. The van der Waals surface area contributed by atoms with E-state index < -0.39 is 29.8 Å². The fourth-order valence-corrected chi connectivity index (χ4v) is 3.03. The summed E-state index contributed by atoms with van der Waals surface area (Å²) < 4.78 is 44.7. The molecule has 1 aromatic carbocycles. The van der Waals surface area contributed by atoms with E-state index >= 15 is 0 Å². The number of hydrogen-bond acceptors (Lipinski definition) is 3. The van der Waals surface area contributed by atoms with Crippen LogP contribution in [0.15, 0.2) is 47.4 Å². The largest absolute Gasteiger partial charge is 0.493 e. The van der Waals surface area contributed by atoms with E-state index in [2.05, 4.69) is 5.32 Å². The van der Waals surface area contributed by atoms with E-state index in [-0.39, 0.29) is 5.92 Å². The predicted molar refractivity (Wildman–Crippen MR) is 92.5 cm³/mol. The minimum atomic E-state index is -4.57. The Labute approximate surface area is 153 Å². The normalized spacial score (nSPS) is 16.8. The summed E-state index contributed by atoms with van der Waals surface area (Å²) in [6.45, 7) is 0.442. The van der Waals surface area contributed by atoms with Gasteiger partial charge in [-0.05, 0) is 36.5 Å². The monoisotopic (exact) mass is 380 g/mol. The van der Waals surface area contributed by atoms with Crippen LogP contribution in [0.1, 0.15) is 17.5 Å². The lowest BCUT2D eigenvalue weighted by Gasteiger charge is -2.15. The van der Waals surface area contributed by atoms with Gasteiger partial charge in [0.15, 0.2) is 0 Å². The van der Waals surface area contributed by atoms with E-state index in [1.165, 1.54) is 0 Å². The number of nitrogens with one attached hydrogen (secondary N) is 1. The molecule has 0 saturated heterocycles. The molecule has 5 nitrogen and oxygen atoms in total. The highest BCUT2D eigenvalue weighted by atomic mass is 19.4. The Morgan fingerprint density at radius 2 is 2.00 bits per heavy atom. The lowest BCUT2D eigenvalue weighted by Crippen LogP contribution is -2.35. The Bertz CT molecular complexity index is 877. The number of nitrogens with zero attached hydrogens (tertiary/aromatic N) is 1. The van der Waals surface area contributed by atoms with Crippen molar-refractivity contribution < 1.29 is 22.7 Å². The summed E-state index contributed by atoms with van der Waals surface area (Å²) in [7, 11) is 0. The van der Waals surface area contributed by atoms with E-state index in [9.17, 15) is 22.8 Å². The zero-order valence-corrected chi connectivity index (χ0v) is 14.5. The van der Waals surface area contributed by atoms with Crippen LogP contribution in [0.4, 0.5) is 13.2 Å². The number of fused-ring (bicyclic) bond motifs is 1. The van der Waals surface area contributed by atoms with Crippen molar-refractivity contribution in [3.63, 3.8) is 0 Å². The summed E-state index contributed by atoms with van der Waals surface area (Å²) in [5, 5.41) is 2.71. The van der Waals surface area contributed by atoms with Crippen molar-refractivity contribution in [3.8, 4) is 5.75 Å². The average Bonchev–Trinajstić information content (AvgIpc) is 2.82. The van der Waals surface area contributed by atoms with Gasteiger partial charge in [-0.2, -0.15) is 13.2 Å². The quantitative estimate of drug-likeness (QED) is 0.887. The number of para-hydroxylation sites is 1. The molecule has 1 atom stereocenters. The third-order valence-electron chi connectivity index (χ3n) is 4.48. The van der Waals surface area contributed by atoms with Crippen LogP contribution in [-0.4, -0.2) is 23.6 Å². The first kappa shape index (κ1) is 19.0. The summed E-state index contributed by atoms with van der Waals surface area (Å²) in [5.74, 6) is 0.479. The number of benzene rings is 1. The van der Waals surface area contributed by atoms with Gasteiger partial charge in [-0.1, -0.05) is 18.2 Å². The molecule has 0 spiro atoms. The average molecular weight is 380 g/mol. The molecule has 3 rings (SSSR count). The van der Waals surface area contributed by atoms with E-state index in [1.54, 1.807) is 0 Å². The number of pyridine rings is 1. The van der Waals surface area contributed by atoms with Crippen molar-refractivity contribution in [1.29, 1.82) is 0 Å². The summed E-state index contributed by atoms with van der Waals surface area (Å²) in [6, 6.07) is 9.21. The Kier molecular flexibility index (Phi) is 5.53. The molecule has 1 aromatic heterocycles. The maximum Gasteiger partial charge on any atom is 0.417 e. The Hall–Kier alpha value is -2.77. The predicted octanol–water partition coefficient (Wildman–Crippen LogP) is 2.62. The SMILES string of the molecule is O=C(Cn1cc(C(F)(F)F)ccc1=O)NCC1CCOc2ccccc2C1. The van der Waals surface area contributed by atoms with Crippen molar-refractivity contribution >= 4 is 5.91 Å². The number of halogens is 3. The zero-order valence-electron chi connectivity index (χ0n) is 14.5. The van der Waals surface area contributed by atoms with Gasteiger partial charge in [-0.3, -0.25) is 9.59 Å². The number of carbonyl (C=O) groups is 1. The second-order valence-corrected chi connectivity index (χ2v) is 6.50. The highest BCUT2D eigenvalue weighted by molar-refractivity contribution is 5.75. The van der Waals surface area contributed by atoms with Crippen molar-refractivity contribution in [2.24, 2.45) is 5.92 Å². The molecule has 0 aliphatic carbocycles. The van der Waals surface area contributed by atoms with Crippen LogP contribution in [0, 0.1) is 5.92 Å². The van der Waals surface area contributed by atoms with Gasteiger partial charge in [0, 0.05) is 18.8 Å². The van der Waals surface area contributed by atoms with Crippen LogP contribution in [-0.2, 0) is 23.9 Å². The minimum Gasteiger partial charge on any atom is -0.493 e. The number of amides is 1. The summed E-state index contributed by atoms with van der Waals surface area (Å²) >= 11 is 0. The molecule has 1 aliphatic heterocycles. The number of ether oxygens (including phenoxy) is 1. The Morgan fingerprint density at radius 3 is 2.78 bits per heavy atom. The lowest BCUT2D eigenvalue weighted by molar-refractivity contribution is -0.138. The third-order valence-corrected chi connectivity index (χ3v) is 4.48. The fourth-order valence-electron chi connectivity index (χ4n) is 3.03. The van der Waals surface area contributed by atoms with Crippen LogP contribution < -0.4 is 15.6 Å². The highest BCUT2D eigenvalue weighted by Gasteiger charge is 2.31. The van der Waals surface area contributed by atoms with Gasteiger partial charge in [-0.25, -0.2) is 0 Å². The minimum absolute atomic E-state index is 0.149. The fraction of sp³-hybridized carbons (Fsp3) is 0.368. The maximum absolute atomic E-state index is 12.8. The van der Waals surface area contributed by atoms with E-state index in [1.807, 2.05) is 24.3 Å². The smallest absolute Gasteiger partial charge is 0.417 e. The van der Waals surface area contributed by atoms with Crippen molar-refractivity contribution in [3.05, 3.63) is 64.1 Å². The molecule has 2 aromatic rings. The summed E-state index contributed by atoms with van der Waals surface area (Å²) in [5.41, 5.74) is -0.564. The Morgan fingerprint density at radius 1 is 1.22 bits per heavy atom. The molecule has 144 valence electrons. The van der Waals surface area contributed by atoms with Crippen molar-refractivity contribution in [2.45, 2.75) is 25.6 Å². The molecular weight excluding hydrogens is 361 g/mol. The second kappa shape index (κ2) is 7.85. The van der Waals surface area contributed by atoms with Crippen LogP contribution in [0.2, 0.25) is 0 Å². The number of rotatable bonds is 4. The topological polar surface area (TPSA) is 60.3 Å². The number of aromatic nitrogens is 1. The van der Waals surface area contributed by atoms with Crippen LogP contribution in [0.25, 0.3) is 0 Å². The van der Waals surface area contributed by atoms with E-state index in [0.29, 0.717) is 25.4 Å². The molecule has 0 saturated carbocycles. The van der Waals surface area contributed by atoms with Gasteiger partial charge < -0.3 is 14.6 Å². The third kappa shape index (κ3) is 4.90. The number of hydrogen-bond donors (Lipinski definition) is 1. The molecule has 2 heterocycles. The molecule has 1 N–H and O–H groups in total. The van der Waals surface area contributed by atoms with Crippen molar-refractivity contribution in [2.75, 3.05) is 13.2 Å². The second-order valence-electron chi connectivity index (χ2n) is 6.50. The molecule has 0 bridgehead atoms. The molecule has 0 fully saturated rings. The highest BCUT2D eigenvalue weighted by Crippen LogP contribution is 2.28. The molecule has 1 unspecified atom stereocenters. The lowest BCUT2D eigenvalue weighted by atomic mass is 9.97. The molecule has 27 heavy (non-hydrogen) atoms. The zero-order chi connectivity index (χ0) is 19.4. The molecule has 0 radical (unpaired) electrons. The van der Waals surface area contributed by atoms with E-state index in [0.717, 1.165) is 34.8 Å². The molecule has 1 aliphatic rings. The summed E-state index contributed by atoms with van der Waals surface area (Å²) in [4.78, 5) is 23.8. The van der Waals surface area contributed by atoms with Crippen LogP contribution >= 0.6 is 0 Å². The Balaban J connectivity index is 1.60. The van der Waals surface area contributed by atoms with Gasteiger partial charge in [0.1, 0.15) is 12.3 Å². The first-order valence-electron chi connectivity index (χ1n) is 8.58. The number of carbonyl (C=O) groups excluding carboxylic acids is 1. The van der Waals surface area contributed by atoms with Gasteiger partial charge >= 0.3 is 6.18 Å². The molecule has 1 amide bonds. The van der Waals surface area contributed by atoms with Crippen LogP contribution in [0.3, 0.4) is 0 Å². The van der Waals surface area contributed by atoms with Gasteiger partial charge in [0.25, 0.3) is 5.56 Å². The molecular formula is C19H19F3N2O3. The maximum atomic E-state index is 12.8. The molecule has 8 heteroatoms. The first-order valence-corrected chi connectivity index (χ1v) is 8.58. The van der Waals surface area contributed by atoms with Gasteiger partial charge in [-0.15, -0.1) is 0 Å². The number of alkyl halides is 3. The van der Waals surface area contributed by atoms with E-state index in [4.69, 9.17) is 4.74 Å². The van der Waals surface area contributed by atoms with Gasteiger partial charge in [0.05, 0.1) is 12.2 Å². The van der Waals surface area contributed by atoms with Gasteiger partial charge in [0.2, 0.25) is 5.91 Å². The van der Waals surface area contributed by atoms with Crippen molar-refractivity contribution in [1.82, 2.24) is 9.88 Å². The van der Waals surface area contributed by atoms with Crippen LogP contribution in [0.5, 0.6) is 5.75 Å². The standard InChI is InChI=1S/C19H19F3N2O3/c20-19(21,22)15-5-6-18(26)24(11-15)12-17(25)23-10-13-7-8-27-16-4-2-1-3-14(16)9-13/h1-6,11,13H,7-10,12H2,(H,23,25). The summed E-state index contributed by atoms with van der Waals surface area (Å²) in [6.07, 6.45) is -2.42.